The van der Waals surface area contributed by atoms with Gasteiger partial charge in [-0.05, 0) is 30.9 Å². The van der Waals surface area contributed by atoms with Gasteiger partial charge in [0.25, 0.3) is 0 Å². The predicted octanol–water partition coefficient (Wildman–Crippen LogP) is 2.15. The van der Waals surface area contributed by atoms with Crippen LogP contribution in [0.2, 0.25) is 0 Å². The fourth-order valence-corrected chi connectivity index (χ4v) is 1.88. The number of ether oxygens (including phenoxy) is 1. The summed E-state index contributed by atoms with van der Waals surface area (Å²) in [4.78, 5) is 0. The van der Waals surface area contributed by atoms with Gasteiger partial charge >= 0.3 is 0 Å². The van der Waals surface area contributed by atoms with Gasteiger partial charge in [-0.1, -0.05) is 25.1 Å². The fraction of sp³-hybridized carbons (Fsp3) is 0.500. The molecule has 0 amide bonds. The molecule has 1 aromatic rings. The number of aliphatic hydroxyl groups excluding tert-OH is 1. The number of benzene rings is 1. The van der Waals surface area contributed by atoms with E-state index in [4.69, 9.17) is 4.74 Å². The second-order valence-electron chi connectivity index (χ2n) is 3.78. The lowest BCUT2D eigenvalue weighted by Gasteiger charge is -2.28. The third kappa shape index (κ3) is 1.75. The molecular weight excluding hydrogens is 176 g/mol. The lowest BCUT2D eigenvalue weighted by molar-refractivity contribution is 0.0220. The second-order valence-corrected chi connectivity index (χ2v) is 3.78. The Morgan fingerprint density at radius 3 is 3.07 bits per heavy atom. The Hall–Kier alpha value is -1.02. The molecule has 1 aromatic carbocycles. The van der Waals surface area contributed by atoms with Gasteiger partial charge in [0.1, 0.15) is 11.9 Å². The lowest BCUT2D eigenvalue weighted by atomic mass is 9.98. The van der Waals surface area contributed by atoms with Crippen molar-refractivity contribution in [1.82, 2.24) is 0 Å². The van der Waals surface area contributed by atoms with Crippen molar-refractivity contribution in [3.05, 3.63) is 29.8 Å². The van der Waals surface area contributed by atoms with Crippen molar-refractivity contribution in [2.24, 2.45) is 0 Å². The van der Waals surface area contributed by atoms with Gasteiger partial charge in [0.15, 0.2) is 0 Å². The molecule has 0 radical (unpaired) electrons. The van der Waals surface area contributed by atoms with E-state index in [0.29, 0.717) is 0 Å². The van der Waals surface area contributed by atoms with Crippen LogP contribution in [-0.2, 0) is 6.42 Å². The number of rotatable bonds is 2. The first-order valence-electron chi connectivity index (χ1n) is 5.24. The molecule has 2 nitrogen and oxygen atoms in total. The Morgan fingerprint density at radius 1 is 1.50 bits per heavy atom. The van der Waals surface area contributed by atoms with Crippen LogP contribution in [-0.4, -0.2) is 17.3 Å². The zero-order valence-electron chi connectivity index (χ0n) is 8.44. The van der Waals surface area contributed by atoms with E-state index in [9.17, 15) is 5.11 Å². The fourth-order valence-electron chi connectivity index (χ4n) is 1.88. The van der Waals surface area contributed by atoms with Crippen molar-refractivity contribution < 1.29 is 9.84 Å². The molecule has 1 aliphatic heterocycles. The quantitative estimate of drug-likeness (QED) is 0.778. The monoisotopic (exact) mass is 192 g/mol. The second kappa shape index (κ2) is 4.01. The molecule has 0 bridgehead atoms. The van der Waals surface area contributed by atoms with Crippen molar-refractivity contribution in [2.45, 2.75) is 38.4 Å². The number of para-hydroxylation sites is 1. The first-order valence-corrected chi connectivity index (χ1v) is 5.24. The number of aliphatic hydroxyl groups is 1. The molecule has 0 aliphatic carbocycles. The summed E-state index contributed by atoms with van der Waals surface area (Å²) in [5.74, 6) is 0.941. The van der Waals surface area contributed by atoms with E-state index in [2.05, 4.69) is 6.07 Å². The molecule has 2 atom stereocenters. The van der Waals surface area contributed by atoms with E-state index >= 15 is 0 Å². The predicted molar refractivity (Wildman–Crippen MR) is 55.5 cm³/mol. The van der Waals surface area contributed by atoms with E-state index in [-0.39, 0.29) is 12.2 Å². The normalized spacial score (nSPS) is 22.3. The molecule has 0 aromatic heterocycles. The first-order chi connectivity index (χ1) is 6.81. The van der Waals surface area contributed by atoms with Crippen molar-refractivity contribution in [3.8, 4) is 5.75 Å². The molecule has 1 unspecified atom stereocenters. The van der Waals surface area contributed by atoms with Gasteiger partial charge in [-0.15, -0.1) is 0 Å². The van der Waals surface area contributed by atoms with E-state index in [1.165, 1.54) is 5.56 Å². The summed E-state index contributed by atoms with van der Waals surface area (Å²) < 4.78 is 5.73. The summed E-state index contributed by atoms with van der Waals surface area (Å²) in [5, 5.41) is 9.68. The zero-order valence-corrected chi connectivity index (χ0v) is 8.44. The lowest BCUT2D eigenvalue weighted by Crippen LogP contribution is -2.34. The van der Waals surface area contributed by atoms with E-state index in [0.717, 1.165) is 25.0 Å². The Bertz CT molecular complexity index is 309. The molecule has 76 valence electrons. The van der Waals surface area contributed by atoms with E-state index in [1.807, 2.05) is 25.1 Å². The summed E-state index contributed by atoms with van der Waals surface area (Å²) in [6.07, 6.45) is 2.34. The Labute approximate surface area is 84.5 Å². The molecular formula is C12H16O2. The Kier molecular flexibility index (Phi) is 2.73. The molecule has 1 heterocycles. The van der Waals surface area contributed by atoms with Gasteiger partial charge in [0.2, 0.25) is 0 Å². The average molecular weight is 192 g/mol. The van der Waals surface area contributed by atoms with Crippen LogP contribution < -0.4 is 4.74 Å². The number of aryl methyl sites for hydroxylation is 1. The van der Waals surface area contributed by atoms with Crippen LogP contribution in [0.4, 0.5) is 0 Å². The van der Waals surface area contributed by atoms with Crippen LogP contribution in [0.3, 0.4) is 0 Å². The Balaban J connectivity index is 2.13. The SMILES string of the molecule is CC[C@@H](O)C1CCc2ccccc2O1. The van der Waals surface area contributed by atoms with Gasteiger partial charge in [-0.25, -0.2) is 0 Å². The number of hydrogen-bond donors (Lipinski definition) is 1. The molecule has 1 N–H and O–H groups in total. The van der Waals surface area contributed by atoms with Gasteiger partial charge in [-0.2, -0.15) is 0 Å². The van der Waals surface area contributed by atoms with E-state index in [1.54, 1.807) is 0 Å². The molecule has 0 spiro atoms. The minimum atomic E-state index is -0.330. The summed E-state index contributed by atoms with van der Waals surface area (Å²) in [6, 6.07) is 8.06. The van der Waals surface area contributed by atoms with Crippen LogP contribution in [0.15, 0.2) is 24.3 Å². The third-order valence-corrected chi connectivity index (χ3v) is 2.80. The van der Waals surface area contributed by atoms with Crippen LogP contribution in [0.25, 0.3) is 0 Å². The van der Waals surface area contributed by atoms with Gasteiger partial charge in [0.05, 0.1) is 6.10 Å². The maximum absolute atomic E-state index is 9.68. The molecule has 0 fully saturated rings. The zero-order chi connectivity index (χ0) is 9.97. The summed E-state index contributed by atoms with van der Waals surface area (Å²) in [6.45, 7) is 1.98. The Morgan fingerprint density at radius 2 is 2.29 bits per heavy atom. The smallest absolute Gasteiger partial charge is 0.125 e. The molecule has 14 heavy (non-hydrogen) atoms. The van der Waals surface area contributed by atoms with Crippen LogP contribution in [0.1, 0.15) is 25.3 Å². The number of fused-ring (bicyclic) bond motifs is 1. The molecule has 0 saturated carbocycles. The van der Waals surface area contributed by atoms with Crippen LogP contribution >= 0.6 is 0 Å². The maximum atomic E-state index is 9.68. The highest BCUT2D eigenvalue weighted by atomic mass is 16.5. The van der Waals surface area contributed by atoms with Crippen molar-refractivity contribution in [3.63, 3.8) is 0 Å². The standard InChI is InChI=1S/C12H16O2/c1-2-10(13)12-8-7-9-5-3-4-6-11(9)14-12/h3-6,10,12-13H,2,7-8H2,1H3/t10-,12?/m1/s1. The highest BCUT2D eigenvalue weighted by molar-refractivity contribution is 5.35. The van der Waals surface area contributed by atoms with Gasteiger partial charge in [-0.3, -0.25) is 0 Å². The minimum absolute atomic E-state index is 0.0186. The summed E-state index contributed by atoms with van der Waals surface area (Å²) in [5.41, 5.74) is 1.26. The first kappa shape index (κ1) is 9.53. The van der Waals surface area contributed by atoms with Crippen LogP contribution in [0.5, 0.6) is 5.75 Å². The molecule has 2 heteroatoms. The van der Waals surface area contributed by atoms with Crippen LogP contribution in [0, 0.1) is 0 Å². The highest BCUT2D eigenvalue weighted by Gasteiger charge is 2.24. The third-order valence-electron chi connectivity index (χ3n) is 2.80. The summed E-state index contributed by atoms with van der Waals surface area (Å²) >= 11 is 0. The topological polar surface area (TPSA) is 29.5 Å². The molecule has 1 aliphatic rings. The van der Waals surface area contributed by atoms with Gasteiger partial charge in [0, 0.05) is 0 Å². The average Bonchev–Trinajstić information content (AvgIpc) is 2.27. The molecule has 2 rings (SSSR count). The van der Waals surface area contributed by atoms with Crippen molar-refractivity contribution >= 4 is 0 Å². The van der Waals surface area contributed by atoms with E-state index < -0.39 is 0 Å². The minimum Gasteiger partial charge on any atom is -0.487 e. The largest absolute Gasteiger partial charge is 0.487 e. The maximum Gasteiger partial charge on any atom is 0.125 e. The molecule has 0 saturated heterocycles. The summed E-state index contributed by atoms with van der Waals surface area (Å²) in [7, 11) is 0. The van der Waals surface area contributed by atoms with Crippen molar-refractivity contribution in [1.29, 1.82) is 0 Å². The van der Waals surface area contributed by atoms with Crippen molar-refractivity contribution in [2.75, 3.05) is 0 Å². The van der Waals surface area contributed by atoms with Gasteiger partial charge < -0.3 is 9.84 Å². The highest BCUT2D eigenvalue weighted by Crippen LogP contribution is 2.28. The number of hydrogen-bond acceptors (Lipinski definition) is 2.